The van der Waals surface area contributed by atoms with E-state index in [4.69, 9.17) is 10.5 Å². The van der Waals surface area contributed by atoms with Crippen LogP contribution >= 0.6 is 0 Å². The lowest BCUT2D eigenvalue weighted by Gasteiger charge is -2.37. The summed E-state index contributed by atoms with van der Waals surface area (Å²) in [7, 11) is 1.90. The van der Waals surface area contributed by atoms with E-state index in [0.717, 1.165) is 5.69 Å². The summed E-state index contributed by atoms with van der Waals surface area (Å²) in [5.41, 5.74) is 7.58. The maximum atomic E-state index is 12.7. The lowest BCUT2D eigenvalue weighted by atomic mass is 9.71. The van der Waals surface area contributed by atoms with Gasteiger partial charge < -0.3 is 15.0 Å². The molecule has 114 valence electrons. The van der Waals surface area contributed by atoms with Crippen LogP contribution in [0, 0.1) is 16.7 Å². The van der Waals surface area contributed by atoms with Crippen LogP contribution in [0.5, 0.6) is 0 Å². The second kappa shape index (κ2) is 4.77. The fourth-order valence-electron chi connectivity index (χ4n) is 3.35. The maximum absolute atomic E-state index is 12.7. The van der Waals surface area contributed by atoms with Crippen molar-refractivity contribution in [1.82, 2.24) is 4.57 Å². The van der Waals surface area contributed by atoms with Crippen molar-refractivity contribution in [3.8, 4) is 6.07 Å². The van der Waals surface area contributed by atoms with E-state index in [1.165, 1.54) is 0 Å². The van der Waals surface area contributed by atoms with Crippen LogP contribution < -0.4 is 5.73 Å². The first-order valence-corrected chi connectivity index (χ1v) is 7.29. The summed E-state index contributed by atoms with van der Waals surface area (Å²) >= 11 is 0. The van der Waals surface area contributed by atoms with Crippen molar-refractivity contribution in [2.24, 2.45) is 18.2 Å². The molecule has 5 nitrogen and oxygen atoms in total. The van der Waals surface area contributed by atoms with E-state index >= 15 is 0 Å². The zero-order chi connectivity index (χ0) is 16.1. The van der Waals surface area contributed by atoms with Gasteiger partial charge in [0.25, 0.3) is 0 Å². The molecule has 1 atom stereocenters. The van der Waals surface area contributed by atoms with E-state index in [1.54, 1.807) is 0 Å². The topological polar surface area (TPSA) is 81.0 Å². The molecular formula is C17H19N3O2. The number of rotatable bonds is 1. The van der Waals surface area contributed by atoms with E-state index in [1.807, 2.05) is 43.8 Å². The molecule has 0 fully saturated rings. The Morgan fingerprint density at radius 1 is 1.45 bits per heavy atom. The standard InChI is InChI=1S/C17H19N3O2/c1-17(2)7-12(21)15-13(8-17)22-16(19)10(9-18)14(15)11-5-4-6-20(11)3/h4-6,14H,7-8,19H2,1-3H3/t14-/m1/s1. The number of carbonyl (C=O) groups is 1. The number of ketones is 1. The molecule has 0 unspecified atom stereocenters. The van der Waals surface area contributed by atoms with Gasteiger partial charge in [-0.1, -0.05) is 13.8 Å². The fourth-order valence-corrected chi connectivity index (χ4v) is 3.35. The molecule has 0 saturated heterocycles. The minimum atomic E-state index is -0.433. The zero-order valence-corrected chi connectivity index (χ0v) is 13.0. The Hall–Kier alpha value is -2.48. The van der Waals surface area contributed by atoms with E-state index in [-0.39, 0.29) is 17.1 Å². The van der Waals surface area contributed by atoms with Crippen LogP contribution in [0.3, 0.4) is 0 Å². The smallest absolute Gasteiger partial charge is 0.205 e. The van der Waals surface area contributed by atoms with E-state index < -0.39 is 5.92 Å². The Morgan fingerprint density at radius 2 is 2.18 bits per heavy atom. The predicted molar refractivity (Wildman–Crippen MR) is 81.1 cm³/mol. The van der Waals surface area contributed by atoms with Gasteiger partial charge in [0.05, 0.1) is 5.92 Å². The quantitative estimate of drug-likeness (QED) is 0.863. The van der Waals surface area contributed by atoms with Gasteiger partial charge in [0, 0.05) is 37.4 Å². The Balaban J connectivity index is 2.20. The minimum absolute atomic E-state index is 0.0395. The van der Waals surface area contributed by atoms with E-state index in [2.05, 4.69) is 6.07 Å². The van der Waals surface area contributed by atoms with Crippen molar-refractivity contribution in [2.45, 2.75) is 32.6 Å². The van der Waals surface area contributed by atoms with Crippen LogP contribution in [0.2, 0.25) is 0 Å². The molecule has 1 aromatic rings. The Bertz CT molecular complexity index is 759. The largest absolute Gasteiger partial charge is 0.444 e. The summed E-state index contributed by atoms with van der Waals surface area (Å²) in [6, 6.07) is 5.93. The number of nitrogens with two attached hydrogens (primary N) is 1. The molecule has 0 amide bonds. The first kappa shape index (κ1) is 14.5. The SMILES string of the molecule is Cn1cccc1[C@H]1C(C#N)=C(N)OC2=C1C(=O)CC(C)(C)C2. The second-order valence-electron chi connectivity index (χ2n) is 6.75. The lowest BCUT2D eigenvalue weighted by molar-refractivity contribution is -0.119. The number of Topliss-reactive ketones (excluding diaryl/α,β-unsaturated/α-hetero) is 1. The summed E-state index contributed by atoms with van der Waals surface area (Å²) in [5, 5.41) is 9.49. The molecule has 3 rings (SSSR count). The van der Waals surface area contributed by atoms with E-state index in [9.17, 15) is 10.1 Å². The fraction of sp³-hybridized carbons (Fsp3) is 0.412. The van der Waals surface area contributed by atoms with Crippen LogP contribution in [-0.2, 0) is 16.6 Å². The molecule has 1 aromatic heterocycles. The van der Waals surface area contributed by atoms with Crippen LogP contribution in [0.1, 0.15) is 38.3 Å². The van der Waals surface area contributed by atoms with Crippen molar-refractivity contribution >= 4 is 5.78 Å². The average molecular weight is 297 g/mol. The predicted octanol–water partition coefficient (Wildman–Crippen LogP) is 2.48. The third-order valence-corrected chi connectivity index (χ3v) is 4.36. The molecular weight excluding hydrogens is 278 g/mol. The van der Waals surface area contributed by atoms with Crippen LogP contribution in [0.15, 0.2) is 41.1 Å². The molecule has 0 radical (unpaired) electrons. The highest BCUT2D eigenvalue weighted by Crippen LogP contribution is 2.47. The molecule has 1 aliphatic carbocycles. The molecule has 2 N–H and O–H groups in total. The number of hydrogen-bond acceptors (Lipinski definition) is 4. The molecule has 1 aliphatic heterocycles. The van der Waals surface area contributed by atoms with Gasteiger partial charge in [-0.3, -0.25) is 4.79 Å². The van der Waals surface area contributed by atoms with Gasteiger partial charge >= 0.3 is 0 Å². The Labute approximate surface area is 129 Å². The van der Waals surface area contributed by atoms with Crippen LogP contribution in [0.4, 0.5) is 0 Å². The molecule has 22 heavy (non-hydrogen) atoms. The highest BCUT2D eigenvalue weighted by molar-refractivity contribution is 5.99. The number of allylic oxidation sites excluding steroid dienone is 3. The van der Waals surface area contributed by atoms with Gasteiger partial charge in [0.1, 0.15) is 17.4 Å². The van der Waals surface area contributed by atoms with Crippen molar-refractivity contribution in [2.75, 3.05) is 0 Å². The molecule has 0 bridgehead atoms. The number of nitriles is 1. The maximum Gasteiger partial charge on any atom is 0.205 e. The van der Waals surface area contributed by atoms with Gasteiger partial charge in [0.15, 0.2) is 5.78 Å². The highest BCUT2D eigenvalue weighted by atomic mass is 16.5. The van der Waals surface area contributed by atoms with Crippen molar-refractivity contribution in [3.05, 3.63) is 46.8 Å². The summed E-state index contributed by atoms with van der Waals surface area (Å²) in [6.07, 6.45) is 3.00. The van der Waals surface area contributed by atoms with Gasteiger partial charge in [0.2, 0.25) is 5.88 Å². The van der Waals surface area contributed by atoms with Gasteiger partial charge in [-0.25, -0.2) is 0 Å². The van der Waals surface area contributed by atoms with Crippen molar-refractivity contribution in [3.63, 3.8) is 0 Å². The second-order valence-corrected chi connectivity index (χ2v) is 6.75. The number of aromatic nitrogens is 1. The third-order valence-electron chi connectivity index (χ3n) is 4.36. The van der Waals surface area contributed by atoms with Crippen molar-refractivity contribution < 1.29 is 9.53 Å². The van der Waals surface area contributed by atoms with Gasteiger partial charge in [-0.05, 0) is 17.5 Å². The van der Waals surface area contributed by atoms with Crippen LogP contribution in [-0.4, -0.2) is 10.4 Å². The highest BCUT2D eigenvalue weighted by Gasteiger charge is 2.43. The van der Waals surface area contributed by atoms with E-state index in [0.29, 0.717) is 29.7 Å². The van der Waals surface area contributed by atoms with Crippen molar-refractivity contribution in [1.29, 1.82) is 5.26 Å². The average Bonchev–Trinajstić information content (AvgIpc) is 2.81. The van der Waals surface area contributed by atoms with Gasteiger partial charge in [-0.15, -0.1) is 0 Å². The molecule has 2 aliphatic rings. The molecule has 0 saturated carbocycles. The number of hydrogen-bond donors (Lipinski definition) is 1. The summed E-state index contributed by atoms with van der Waals surface area (Å²) < 4.78 is 7.57. The Kier molecular flexibility index (Phi) is 3.13. The molecule has 5 heteroatoms. The third kappa shape index (κ3) is 2.12. The zero-order valence-electron chi connectivity index (χ0n) is 13.0. The first-order valence-electron chi connectivity index (χ1n) is 7.29. The number of carbonyl (C=O) groups excluding carboxylic acids is 1. The minimum Gasteiger partial charge on any atom is -0.444 e. The van der Waals surface area contributed by atoms with Gasteiger partial charge in [-0.2, -0.15) is 5.26 Å². The summed E-state index contributed by atoms with van der Waals surface area (Å²) in [5.74, 6) is 0.331. The molecule has 0 spiro atoms. The lowest BCUT2D eigenvalue weighted by Crippen LogP contribution is -2.34. The summed E-state index contributed by atoms with van der Waals surface area (Å²) in [6.45, 7) is 4.07. The normalized spacial score (nSPS) is 23.9. The van der Waals surface area contributed by atoms with Crippen LogP contribution in [0.25, 0.3) is 0 Å². The number of aryl methyl sites for hydroxylation is 1. The number of nitrogens with zero attached hydrogens (tertiary/aromatic N) is 2. The molecule has 0 aromatic carbocycles. The Morgan fingerprint density at radius 3 is 2.77 bits per heavy atom. The molecule has 2 heterocycles. The monoisotopic (exact) mass is 297 g/mol. The number of ether oxygens (including phenoxy) is 1. The first-order chi connectivity index (χ1) is 10.3. The summed E-state index contributed by atoms with van der Waals surface area (Å²) in [4.78, 5) is 12.7.